The van der Waals surface area contributed by atoms with Crippen LogP contribution < -0.4 is 5.32 Å². The summed E-state index contributed by atoms with van der Waals surface area (Å²) in [4.78, 5) is 23.4. The highest BCUT2D eigenvalue weighted by molar-refractivity contribution is 7.47. The quantitative estimate of drug-likeness (QED) is 0.0243. The van der Waals surface area contributed by atoms with Gasteiger partial charge in [0.05, 0.1) is 39.9 Å². The molecule has 0 radical (unpaired) electrons. The molecular weight excluding hydrogens is 1070 g/mol. The van der Waals surface area contributed by atoms with Crippen molar-refractivity contribution in [3.8, 4) is 0 Å². The molecule has 0 aromatic rings. The van der Waals surface area contributed by atoms with E-state index in [2.05, 4.69) is 141 Å². The molecule has 0 heterocycles. The zero-order chi connectivity index (χ0) is 61.9. The molecule has 0 aliphatic heterocycles. The van der Waals surface area contributed by atoms with E-state index in [-0.39, 0.29) is 19.1 Å². The van der Waals surface area contributed by atoms with Crippen molar-refractivity contribution in [1.29, 1.82) is 0 Å². The van der Waals surface area contributed by atoms with Gasteiger partial charge in [0.1, 0.15) is 13.2 Å². The number of phosphoric ester groups is 1. The van der Waals surface area contributed by atoms with Gasteiger partial charge >= 0.3 is 7.82 Å². The Morgan fingerprint density at radius 3 is 1.08 bits per heavy atom. The van der Waals surface area contributed by atoms with Crippen LogP contribution in [0.2, 0.25) is 0 Å². The van der Waals surface area contributed by atoms with Crippen LogP contribution >= 0.6 is 7.82 Å². The Morgan fingerprint density at radius 1 is 0.412 bits per heavy atom. The number of carbonyl (C=O) groups is 1. The second-order valence-electron chi connectivity index (χ2n) is 24.5. The van der Waals surface area contributed by atoms with Gasteiger partial charge in [-0.25, -0.2) is 4.57 Å². The fourth-order valence-electron chi connectivity index (χ4n) is 9.70. The summed E-state index contributed by atoms with van der Waals surface area (Å²) >= 11 is 0. The third-order valence-corrected chi connectivity index (χ3v) is 16.1. The monoisotopic (exact) mass is 1200 g/mol. The second kappa shape index (κ2) is 65.1. The molecule has 8 nitrogen and oxygen atoms in total. The normalized spacial score (nSPS) is 14.5. The van der Waals surface area contributed by atoms with Gasteiger partial charge in [0.25, 0.3) is 0 Å². The van der Waals surface area contributed by atoms with Crippen LogP contribution in [-0.4, -0.2) is 73.4 Å². The number of nitrogens with one attached hydrogen (secondary N) is 1. The fraction of sp³-hybridized carbons (Fsp3) is 0.697. The number of amides is 1. The van der Waals surface area contributed by atoms with Crippen LogP contribution in [0.4, 0.5) is 0 Å². The van der Waals surface area contributed by atoms with Crippen molar-refractivity contribution < 1.29 is 32.9 Å². The van der Waals surface area contributed by atoms with Gasteiger partial charge in [-0.2, -0.15) is 0 Å². The zero-order valence-corrected chi connectivity index (χ0v) is 56.7. The number of allylic oxidation sites excluding steroid dienone is 21. The Hall–Kier alpha value is -3.36. The molecule has 85 heavy (non-hydrogen) atoms. The number of rotatable bonds is 63. The van der Waals surface area contributed by atoms with Crippen molar-refractivity contribution in [3.63, 3.8) is 0 Å². The van der Waals surface area contributed by atoms with Crippen LogP contribution in [0.5, 0.6) is 0 Å². The molecule has 0 saturated carbocycles. The van der Waals surface area contributed by atoms with E-state index in [1.807, 2.05) is 27.2 Å². The molecule has 0 aromatic carbocycles. The first kappa shape index (κ1) is 81.6. The van der Waals surface area contributed by atoms with Gasteiger partial charge in [0, 0.05) is 6.42 Å². The second-order valence-corrected chi connectivity index (χ2v) is 26.0. The number of hydrogen-bond acceptors (Lipinski definition) is 5. The molecule has 3 unspecified atom stereocenters. The summed E-state index contributed by atoms with van der Waals surface area (Å²) in [7, 11) is 1.54. The maximum absolute atomic E-state index is 13.0. The van der Waals surface area contributed by atoms with E-state index in [9.17, 15) is 19.4 Å². The molecule has 0 aromatic heterocycles. The Kier molecular flexibility index (Phi) is 62.5. The van der Waals surface area contributed by atoms with Gasteiger partial charge in [0.2, 0.25) is 5.91 Å². The third kappa shape index (κ3) is 68.0. The summed E-state index contributed by atoms with van der Waals surface area (Å²) in [6, 6.07) is -0.875. The van der Waals surface area contributed by atoms with Gasteiger partial charge in [-0.05, 0) is 103 Å². The van der Waals surface area contributed by atoms with E-state index >= 15 is 0 Å². The molecule has 0 spiro atoms. The molecule has 0 fully saturated rings. The number of aliphatic hydroxyl groups is 1. The number of quaternary nitrogens is 1. The number of phosphoric acid groups is 1. The average molecular weight is 1200 g/mol. The van der Waals surface area contributed by atoms with E-state index in [0.29, 0.717) is 17.4 Å². The first-order chi connectivity index (χ1) is 41.5. The van der Waals surface area contributed by atoms with Crippen LogP contribution in [0, 0.1) is 0 Å². The molecule has 9 heteroatoms. The number of nitrogens with zero attached hydrogens (tertiary/aromatic N) is 1. The maximum atomic E-state index is 13.0. The van der Waals surface area contributed by atoms with E-state index < -0.39 is 20.0 Å². The van der Waals surface area contributed by atoms with Gasteiger partial charge in [-0.1, -0.05) is 314 Å². The minimum atomic E-state index is -4.37. The van der Waals surface area contributed by atoms with Crippen molar-refractivity contribution in [2.75, 3.05) is 40.9 Å². The summed E-state index contributed by atoms with van der Waals surface area (Å²) in [6.45, 7) is 4.69. The Morgan fingerprint density at radius 2 is 0.718 bits per heavy atom. The molecule has 0 aliphatic rings. The first-order valence-electron chi connectivity index (χ1n) is 35.1. The largest absolute Gasteiger partial charge is 0.472 e. The summed E-state index contributed by atoms with van der Waals surface area (Å²) < 4.78 is 23.8. The van der Waals surface area contributed by atoms with Crippen LogP contribution in [0.3, 0.4) is 0 Å². The number of carbonyl (C=O) groups excluding carboxylic acids is 1. The molecule has 0 rings (SSSR count). The van der Waals surface area contributed by atoms with Crippen LogP contribution in [0.15, 0.2) is 134 Å². The van der Waals surface area contributed by atoms with Crippen molar-refractivity contribution in [2.24, 2.45) is 0 Å². The molecule has 3 N–H and O–H groups in total. The minimum Gasteiger partial charge on any atom is -0.387 e. The zero-order valence-electron chi connectivity index (χ0n) is 55.8. The topological polar surface area (TPSA) is 105 Å². The third-order valence-electron chi connectivity index (χ3n) is 15.1. The van der Waals surface area contributed by atoms with Crippen molar-refractivity contribution >= 4 is 13.7 Å². The number of aliphatic hydroxyl groups excluding tert-OH is 1. The summed E-state index contributed by atoms with van der Waals surface area (Å²) in [5.41, 5.74) is 0. The fourth-order valence-corrected chi connectivity index (χ4v) is 10.4. The van der Waals surface area contributed by atoms with Crippen molar-refractivity contribution in [2.45, 2.75) is 302 Å². The van der Waals surface area contributed by atoms with Crippen LogP contribution in [0.1, 0.15) is 290 Å². The lowest BCUT2D eigenvalue weighted by Gasteiger charge is -2.25. The molecule has 0 aliphatic carbocycles. The lowest BCUT2D eigenvalue weighted by molar-refractivity contribution is -0.870. The van der Waals surface area contributed by atoms with Gasteiger partial charge in [-0.3, -0.25) is 13.8 Å². The summed E-state index contributed by atoms with van der Waals surface area (Å²) in [5.74, 6) is -0.193. The number of unbranched alkanes of at least 4 members (excludes halogenated alkanes) is 30. The highest BCUT2D eigenvalue weighted by Gasteiger charge is 2.28. The maximum Gasteiger partial charge on any atom is 0.472 e. The number of likely N-dealkylation sites (N-methyl/N-ethyl adjacent to an activating group) is 1. The SMILES string of the molecule is CC/C=C\C/C=C\C/C=C\C/C=C\C/C=C\C/C=C\C/C=C\C/C=C\C/C=C\CCCCCCCCCCCCCC(=O)NC(COP(=O)(O)OCC[N+](C)(C)C)C(O)/C=C/CC/C=C/CCCCCCCCCCCCCCCCCCCC. The number of hydrogen-bond donors (Lipinski definition) is 3. The Bertz CT molecular complexity index is 1850. The van der Waals surface area contributed by atoms with E-state index in [1.54, 1.807) is 6.08 Å². The Labute approximate surface area is 526 Å². The Balaban J connectivity index is 4.14. The predicted octanol–water partition coefficient (Wildman–Crippen LogP) is 22.6. The minimum absolute atomic E-state index is 0.0502. The summed E-state index contributed by atoms with van der Waals surface area (Å²) in [5, 5.41) is 14.0. The van der Waals surface area contributed by atoms with E-state index in [0.717, 1.165) is 96.3 Å². The molecule has 1 amide bonds. The van der Waals surface area contributed by atoms with Gasteiger partial charge in [-0.15, -0.1) is 0 Å². The van der Waals surface area contributed by atoms with Crippen LogP contribution in [0.25, 0.3) is 0 Å². The highest BCUT2D eigenvalue weighted by atomic mass is 31.2. The highest BCUT2D eigenvalue weighted by Crippen LogP contribution is 2.43. The van der Waals surface area contributed by atoms with Crippen molar-refractivity contribution in [1.82, 2.24) is 5.32 Å². The van der Waals surface area contributed by atoms with Crippen molar-refractivity contribution in [3.05, 3.63) is 134 Å². The molecule has 3 atom stereocenters. The molecule has 0 bridgehead atoms. The van der Waals surface area contributed by atoms with Gasteiger partial charge in [0.15, 0.2) is 0 Å². The predicted molar refractivity (Wildman–Crippen MR) is 373 cm³/mol. The average Bonchev–Trinajstić information content (AvgIpc) is 3.49. The standard InChI is InChI=1S/C76H133N2O6P/c1-6-8-10-12-14-16-18-20-22-24-26-28-30-32-33-34-35-36-37-38-39-40-41-42-43-44-45-46-48-50-52-54-56-58-60-62-64-66-68-70-76(80)77-74(73-84-85(81,82)83-72-71-78(3,4)5)75(79)69-67-65-63-61-59-57-55-53-51-49-47-31-29-27-25-23-21-19-17-15-13-11-9-7-2/h8,10,14,16,20,22,26,28,32-33,35-36,38-39,41-42,44-45,59,61,67,69,74-75,79H,6-7,9,11-13,15,17-19,21,23-25,27,29-31,34,37,40,43,46-58,60,62-66,68,70-73H2,1-5H3,(H-,77,80,81,82)/p+1/b10-8-,16-14-,22-20-,28-26-,33-32-,36-35-,39-38-,42-41-,45-44-,61-59+,69-67+. The van der Waals surface area contributed by atoms with E-state index in [1.165, 1.54) is 173 Å². The lowest BCUT2D eigenvalue weighted by Crippen LogP contribution is -2.45. The summed E-state index contributed by atoms with van der Waals surface area (Å²) in [6.07, 6.45) is 98.8. The van der Waals surface area contributed by atoms with E-state index in [4.69, 9.17) is 9.05 Å². The van der Waals surface area contributed by atoms with Crippen LogP contribution in [-0.2, 0) is 18.4 Å². The first-order valence-corrected chi connectivity index (χ1v) is 36.6. The lowest BCUT2D eigenvalue weighted by atomic mass is 10.0. The molecule has 488 valence electrons. The van der Waals surface area contributed by atoms with Gasteiger partial charge < -0.3 is 19.8 Å². The molecular formula is C76H134N2O6P+. The molecule has 0 saturated heterocycles. The smallest absolute Gasteiger partial charge is 0.387 e.